The summed E-state index contributed by atoms with van der Waals surface area (Å²) in [7, 11) is 1.67. The summed E-state index contributed by atoms with van der Waals surface area (Å²) < 4.78 is 6.77. The van der Waals surface area contributed by atoms with Gasteiger partial charge in [0.1, 0.15) is 0 Å². The number of rotatable bonds is 6. The van der Waals surface area contributed by atoms with Crippen LogP contribution in [0.25, 0.3) is 5.69 Å². The Morgan fingerprint density at radius 3 is 2.75 bits per heavy atom. The third kappa shape index (κ3) is 4.32. The Kier molecular flexibility index (Phi) is 5.52. The summed E-state index contributed by atoms with van der Waals surface area (Å²) in [6, 6.07) is 10.1. The fourth-order valence-electron chi connectivity index (χ4n) is 1.70. The standard InChI is InChI=1S/C14H18N4OS/c1-19-10-8-15-14(20)16-11-12-3-5-13(6-4-12)18-9-2-7-17-18/h2-7,9H,8,10-11H2,1H3,(H2,15,16,20). The van der Waals surface area contributed by atoms with Gasteiger partial charge in [-0.3, -0.25) is 0 Å². The average molecular weight is 290 g/mol. The zero-order valence-corrected chi connectivity index (χ0v) is 12.2. The fourth-order valence-corrected chi connectivity index (χ4v) is 1.87. The molecule has 0 amide bonds. The second-order valence-corrected chi connectivity index (χ2v) is 4.63. The molecule has 0 saturated heterocycles. The van der Waals surface area contributed by atoms with Gasteiger partial charge in [-0.2, -0.15) is 5.10 Å². The number of benzene rings is 1. The summed E-state index contributed by atoms with van der Waals surface area (Å²) in [4.78, 5) is 0. The zero-order valence-electron chi connectivity index (χ0n) is 11.4. The van der Waals surface area contributed by atoms with Crippen molar-refractivity contribution in [1.82, 2.24) is 20.4 Å². The van der Waals surface area contributed by atoms with Crippen molar-refractivity contribution in [3.63, 3.8) is 0 Å². The minimum absolute atomic E-state index is 0.637. The lowest BCUT2D eigenvalue weighted by Gasteiger charge is -2.10. The molecule has 1 aromatic carbocycles. The molecule has 0 saturated carbocycles. The van der Waals surface area contributed by atoms with Crippen LogP contribution in [0.5, 0.6) is 0 Å². The molecule has 0 atom stereocenters. The molecule has 2 N–H and O–H groups in total. The Balaban J connectivity index is 1.81. The van der Waals surface area contributed by atoms with Gasteiger partial charge in [0, 0.05) is 32.6 Å². The van der Waals surface area contributed by atoms with Crippen LogP contribution in [0.15, 0.2) is 42.7 Å². The smallest absolute Gasteiger partial charge is 0.166 e. The quantitative estimate of drug-likeness (QED) is 0.623. The molecule has 0 bridgehead atoms. The minimum atomic E-state index is 0.637. The normalized spacial score (nSPS) is 10.2. The lowest BCUT2D eigenvalue weighted by atomic mass is 10.2. The summed E-state index contributed by atoms with van der Waals surface area (Å²) in [5.74, 6) is 0. The van der Waals surface area contributed by atoms with E-state index in [0.717, 1.165) is 11.3 Å². The van der Waals surface area contributed by atoms with Gasteiger partial charge in [-0.05, 0) is 36.0 Å². The van der Waals surface area contributed by atoms with Crippen LogP contribution < -0.4 is 10.6 Å². The zero-order chi connectivity index (χ0) is 14.2. The Bertz CT molecular complexity index is 525. The van der Waals surface area contributed by atoms with E-state index < -0.39 is 0 Å². The third-order valence-corrected chi connectivity index (χ3v) is 3.04. The van der Waals surface area contributed by atoms with E-state index in [-0.39, 0.29) is 0 Å². The van der Waals surface area contributed by atoms with Gasteiger partial charge >= 0.3 is 0 Å². The molecule has 0 aliphatic rings. The van der Waals surface area contributed by atoms with Crippen molar-refractivity contribution in [2.45, 2.75) is 6.54 Å². The van der Waals surface area contributed by atoms with Crippen LogP contribution in [0, 0.1) is 0 Å². The summed E-state index contributed by atoms with van der Waals surface area (Å²) in [6.45, 7) is 2.04. The molecule has 2 rings (SSSR count). The first kappa shape index (κ1) is 14.5. The fraction of sp³-hybridized carbons (Fsp3) is 0.286. The van der Waals surface area contributed by atoms with Crippen LogP contribution >= 0.6 is 12.2 Å². The maximum atomic E-state index is 5.17. The monoisotopic (exact) mass is 290 g/mol. The summed E-state index contributed by atoms with van der Waals surface area (Å²) >= 11 is 5.17. The highest BCUT2D eigenvalue weighted by molar-refractivity contribution is 7.80. The van der Waals surface area contributed by atoms with Crippen LogP contribution in [0.1, 0.15) is 5.56 Å². The molecular weight excluding hydrogens is 272 g/mol. The van der Waals surface area contributed by atoms with Crippen LogP contribution in [0.3, 0.4) is 0 Å². The SMILES string of the molecule is COCCNC(=S)NCc1ccc(-n2cccn2)cc1. The number of hydrogen-bond donors (Lipinski definition) is 2. The van der Waals surface area contributed by atoms with E-state index in [1.54, 1.807) is 13.3 Å². The lowest BCUT2D eigenvalue weighted by molar-refractivity contribution is 0.204. The molecular formula is C14H18N4OS. The van der Waals surface area contributed by atoms with E-state index >= 15 is 0 Å². The molecule has 0 fully saturated rings. The topological polar surface area (TPSA) is 51.1 Å². The molecule has 2 aromatic rings. The predicted molar refractivity (Wildman–Crippen MR) is 82.9 cm³/mol. The first-order valence-corrected chi connectivity index (χ1v) is 6.80. The van der Waals surface area contributed by atoms with Gasteiger partial charge < -0.3 is 15.4 Å². The van der Waals surface area contributed by atoms with Crippen LogP contribution in [0.2, 0.25) is 0 Å². The predicted octanol–water partition coefficient (Wildman–Crippen LogP) is 1.48. The molecule has 0 spiro atoms. The maximum absolute atomic E-state index is 5.17. The van der Waals surface area contributed by atoms with Crippen LogP contribution in [0.4, 0.5) is 0 Å². The average Bonchev–Trinajstić information content (AvgIpc) is 3.00. The van der Waals surface area contributed by atoms with E-state index in [2.05, 4.69) is 27.9 Å². The number of ether oxygens (including phenoxy) is 1. The van der Waals surface area contributed by atoms with Crippen molar-refractivity contribution >= 4 is 17.3 Å². The maximum Gasteiger partial charge on any atom is 0.166 e. The summed E-state index contributed by atoms with van der Waals surface area (Å²) in [6.07, 6.45) is 3.68. The van der Waals surface area contributed by atoms with E-state index in [9.17, 15) is 0 Å². The molecule has 106 valence electrons. The van der Waals surface area contributed by atoms with Gasteiger partial charge in [-0.15, -0.1) is 0 Å². The molecule has 6 heteroatoms. The van der Waals surface area contributed by atoms with Gasteiger partial charge in [0.2, 0.25) is 0 Å². The van der Waals surface area contributed by atoms with Crippen LogP contribution in [-0.4, -0.2) is 35.2 Å². The Morgan fingerprint density at radius 2 is 2.10 bits per heavy atom. The van der Waals surface area contributed by atoms with Gasteiger partial charge in [0.05, 0.1) is 12.3 Å². The summed E-state index contributed by atoms with van der Waals surface area (Å²) in [5.41, 5.74) is 2.20. The first-order valence-electron chi connectivity index (χ1n) is 6.39. The van der Waals surface area contributed by atoms with Gasteiger partial charge in [0.25, 0.3) is 0 Å². The van der Waals surface area contributed by atoms with E-state index in [1.807, 2.05) is 29.1 Å². The van der Waals surface area contributed by atoms with Crippen molar-refractivity contribution < 1.29 is 4.74 Å². The van der Waals surface area contributed by atoms with Gasteiger partial charge in [-0.1, -0.05) is 12.1 Å². The van der Waals surface area contributed by atoms with Gasteiger partial charge in [0.15, 0.2) is 5.11 Å². The lowest BCUT2D eigenvalue weighted by Crippen LogP contribution is -2.36. The van der Waals surface area contributed by atoms with Gasteiger partial charge in [-0.25, -0.2) is 4.68 Å². The number of nitrogens with zero attached hydrogens (tertiary/aromatic N) is 2. The molecule has 1 heterocycles. The number of methoxy groups -OCH3 is 1. The largest absolute Gasteiger partial charge is 0.383 e. The van der Waals surface area contributed by atoms with E-state index in [1.165, 1.54) is 0 Å². The van der Waals surface area contributed by atoms with E-state index in [0.29, 0.717) is 24.8 Å². The first-order chi connectivity index (χ1) is 9.79. The highest BCUT2D eigenvalue weighted by atomic mass is 32.1. The van der Waals surface area contributed by atoms with Crippen molar-refractivity contribution in [3.8, 4) is 5.69 Å². The molecule has 20 heavy (non-hydrogen) atoms. The molecule has 0 aliphatic carbocycles. The van der Waals surface area contributed by atoms with Crippen molar-refractivity contribution in [1.29, 1.82) is 0 Å². The molecule has 0 unspecified atom stereocenters. The molecule has 5 nitrogen and oxygen atoms in total. The molecule has 1 aromatic heterocycles. The Labute approximate surface area is 123 Å². The number of thiocarbonyl (C=S) groups is 1. The third-order valence-electron chi connectivity index (χ3n) is 2.75. The second-order valence-electron chi connectivity index (χ2n) is 4.22. The summed E-state index contributed by atoms with van der Waals surface area (Å²) in [5, 5.41) is 11.1. The highest BCUT2D eigenvalue weighted by Crippen LogP contribution is 2.08. The number of nitrogens with one attached hydrogen (secondary N) is 2. The minimum Gasteiger partial charge on any atom is -0.383 e. The Morgan fingerprint density at radius 1 is 1.30 bits per heavy atom. The van der Waals surface area contributed by atoms with E-state index in [4.69, 9.17) is 17.0 Å². The molecule has 0 radical (unpaired) electrons. The second kappa shape index (κ2) is 7.62. The highest BCUT2D eigenvalue weighted by Gasteiger charge is 1.98. The van der Waals surface area contributed by atoms with Crippen molar-refractivity contribution in [3.05, 3.63) is 48.3 Å². The number of aromatic nitrogens is 2. The Hall–Kier alpha value is -1.92. The molecule has 0 aliphatic heterocycles. The van der Waals surface area contributed by atoms with Crippen molar-refractivity contribution in [2.24, 2.45) is 0 Å². The number of hydrogen-bond acceptors (Lipinski definition) is 3. The van der Waals surface area contributed by atoms with Crippen LogP contribution in [-0.2, 0) is 11.3 Å². The van der Waals surface area contributed by atoms with Crippen molar-refractivity contribution in [2.75, 3.05) is 20.3 Å².